The number of fused-ring (bicyclic) bond motifs is 1. The number of H-pyrrole nitrogens is 1. The Kier molecular flexibility index (Phi) is 4.67. The molecule has 140 valence electrons. The number of amides is 1. The highest BCUT2D eigenvalue weighted by molar-refractivity contribution is 6.30. The summed E-state index contributed by atoms with van der Waals surface area (Å²) >= 11 is 5.85. The van der Waals surface area contributed by atoms with Crippen molar-refractivity contribution in [2.24, 2.45) is 11.1 Å². The number of carbonyl (C=O) groups is 1. The number of anilines is 2. The number of piperidine rings is 1. The van der Waals surface area contributed by atoms with Gasteiger partial charge in [-0.05, 0) is 31.0 Å². The maximum absolute atomic E-state index is 12.9. The molecule has 1 aliphatic heterocycles. The average molecular weight is 386 g/mol. The molecule has 3 aromatic rings. The van der Waals surface area contributed by atoms with E-state index in [1.165, 1.54) is 6.20 Å². The van der Waals surface area contributed by atoms with Crippen molar-refractivity contribution in [1.82, 2.24) is 19.9 Å². The van der Waals surface area contributed by atoms with Gasteiger partial charge in [0.05, 0.1) is 15.8 Å². The fourth-order valence-electron chi connectivity index (χ4n) is 3.48. The van der Waals surface area contributed by atoms with Crippen molar-refractivity contribution in [3.63, 3.8) is 0 Å². The molecule has 0 spiro atoms. The van der Waals surface area contributed by atoms with E-state index in [1.54, 1.807) is 18.5 Å². The number of nitrogens with one attached hydrogen (secondary N) is 2. The third-order valence-electron chi connectivity index (χ3n) is 5.19. The van der Waals surface area contributed by atoms with Gasteiger partial charge in [-0.15, -0.1) is 0 Å². The third-order valence-corrected chi connectivity index (χ3v) is 5.42. The topological polar surface area (TPSA) is 113 Å². The van der Waals surface area contributed by atoms with Gasteiger partial charge < -0.3 is 20.9 Å². The number of aromatic nitrogens is 4. The van der Waals surface area contributed by atoms with E-state index in [2.05, 4.69) is 30.2 Å². The molecule has 3 aromatic heterocycles. The molecule has 4 rings (SSSR count). The molecule has 0 aromatic carbocycles. The Hall–Kier alpha value is -2.71. The third kappa shape index (κ3) is 3.33. The van der Waals surface area contributed by atoms with Gasteiger partial charge in [0.2, 0.25) is 5.91 Å². The van der Waals surface area contributed by atoms with Crippen molar-refractivity contribution >= 4 is 40.2 Å². The molecular formula is C18H20ClN7O. The van der Waals surface area contributed by atoms with Gasteiger partial charge in [-0.1, -0.05) is 11.6 Å². The average Bonchev–Trinajstić information content (AvgIpc) is 3.19. The number of rotatable bonds is 4. The second kappa shape index (κ2) is 7.13. The van der Waals surface area contributed by atoms with Crippen molar-refractivity contribution in [2.45, 2.75) is 12.8 Å². The second-order valence-corrected chi connectivity index (χ2v) is 7.16. The van der Waals surface area contributed by atoms with Gasteiger partial charge >= 0.3 is 0 Å². The number of hydrogen-bond donors (Lipinski definition) is 3. The molecule has 0 bridgehead atoms. The lowest BCUT2D eigenvalue weighted by Crippen LogP contribution is -2.50. The fraction of sp³-hybridized carbons (Fsp3) is 0.333. The van der Waals surface area contributed by atoms with Crippen LogP contribution in [0.1, 0.15) is 12.8 Å². The van der Waals surface area contributed by atoms with Crippen LogP contribution >= 0.6 is 11.6 Å². The van der Waals surface area contributed by atoms with Crippen LogP contribution in [0, 0.1) is 5.41 Å². The first kappa shape index (κ1) is 17.7. The molecule has 1 fully saturated rings. The predicted octanol–water partition coefficient (Wildman–Crippen LogP) is 2.19. The van der Waals surface area contributed by atoms with E-state index in [0.29, 0.717) is 36.8 Å². The largest absolute Gasteiger partial charge is 0.356 e. The molecule has 0 atom stereocenters. The molecule has 1 saturated heterocycles. The molecule has 0 unspecified atom stereocenters. The standard InChI is InChI=1S/C18H20ClN7O/c19-12-1-2-14(22-9-12)25-17(27)18(10-20)4-7-26(8-5-18)16-13-3-6-21-15(13)23-11-24-16/h1-3,6,9,11H,4-5,7-8,10,20H2,(H,21,23,24)(H,22,25,27). The van der Waals surface area contributed by atoms with Gasteiger partial charge in [-0.2, -0.15) is 0 Å². The SMILES string of the molecule is NCC1(C(=O)Nc2ccc(Cl)cn2)CCN(c2ncnc3[nH]ccc23)CC1. The molecule has 4 heterocycles. The summed E-state index contributed by atoms with van der Waals surface area (Å²) in [4.78, 5) is 31.0. The number of carbonyl (C=O) groups excluding carboxylic acids is 1. The highest BCUT2D eigenvalue weighted by Gasteiger charge is 2.41. The monoisotopic (exact) mass is 385 g/mol. The molecule has 4 N–H and O–H groups in total. The lowest BCUT2D eigenvalue weighted by Gasteiger charge is -2.40. The van der Waals surface area contributed by atoms with Crippen LogP contribution in [0.25, 0.3) is 11.0 Å². The Morgan fingerprint density at radius 1 is 1.26 bits per heavy atom. The van der Waals surface area contributed by atoms with E-state index in [0.717, 1.165) is 16.9 Å². The predicted molar refractivity (Wildman–Crippen MR) is 105 cm³/mol. The van der Waals surface area contributed by atoms with Crippen molar-refractivity contribution in [2.75, 3.05) is 29.9 Å². The quantitative estimate of drug-likeness (QED) is 0.634. The summed E-state index contributed by atoms with van der Waals surface area (Å²) in [7, 11) is 0. The van der Waals surface area contributed by atoms with Gasteiger partial charge in [0.25, 0.3) is 0 Å². The van der Waals surface area contributed by atoms with Crippen LogP contribution in [0.2, 0.25) is 5.02 Å². The van der Waals surface area contributed by atoms with Crippen LogP contribution in [0.3, 0.4) is 0 Å². The zero-order chi connectivity index (χ0) is 18.9. The van der Waals surface area contributed by atoms with Crippen LogP contribution in [-0.2, 0) is 4.79 Å². The smallest absolute Gasteiger partial charge is 0.233 e. The van der Waals surface area contributed by atoms with Gasteiger partial charge in [0.1, 0.15) is 23.6 Å². The summed E-state index contributed by atoms with van der Waals surface area (Å²) in [6.07, 6.45) is 6.19. The van der Waals surface area contributed by atoms with E-state index in [1.807, 2.05) is 12.3 Å². The number of aromatic amines is 1. The van der Waals surface area contributed by atoms with Crippen LogP contribution in [-0.4, -0.2) is 45.5 Å². The summed E-state index contributed by atoms with van der Waals surface area (Å²) in [6, 6.07) is 5.34. The van der Waals surface area contributed by atoms with Gasteiger partial charge in [0.15, 0.2) is 0 Å². The minimum Gasteiger partial charge on any atom is -0.356 e. The fourth-order valence-corrected chi connectivity index (χ4v) is 3.59. The molecule has 0 aliphatic carbocycles. The van der Waals surface area contributed by atoms with E-state index < -0.39 is 5.41 Å². The van der Waals surface area contributed by atoms with Gasteiger partial charge in [0, 0.05) is 32.0 Å². The van der Waals surface area contributed by atoms with E-state index in [-0.39, 0.29) is 12.5 Å². The maximum atomic E-state index is 12.9. The minimum absolute atomic E-state index is 0.103. The summed E-state index contributed by atoms with van der Waals surface area (Å²) in [6.45, 7) is 1.66. The zero-order valence-corrected chi connectivity index (χ0v) is 15.4. The molecule has 0 radical (unpaired) electrons. The summed E-state index contributed by atoms with van der Waals surface area (Å²) in [5.41, 5.74) is 6.21. The first-order chi connectivity index (χ1) is 13.1. The Balaban J connectivity index is 1.49. The Morgan fingerprint density at radius 2 is 2.07 bits per heavy atom. The van der Waals surface area contributed by atoms with Crippen molar-refractivity contribution in [3.8, 4) is 0 Å². The van der Waals surface area contributed by atoms with Crippen molar-refractivity contribution in [1.29, 1.82) is 0 Å². The van der Waals surface area contributed by atoms with Crippen LogP contribution in [0.4, 0.5) is 11.6 Å². The zero-order valence-electron chi connectivity index (χ0n) is 14.7. The van der Waals surface area contributed by atoms with E-state index in [9.17, 15) is 4.79 Å². The normalized spacial score (nSPS) is 16.4. The lowest BCUT2D eigenvalue weighted by molar-refractivity contribution is -0.126. The van der Waals surface area contributed by atoms with E-state index in [4.69, 9.17) is 17.3 Å². The first-order valence-electron chi connectivity index (χ1n) is 8.77. The highest BCUT2D eigenvalue weighted by Crippen LogP contribution is 2.35. The van der Waals surface area contributed by atoms with Crippen LogP contribution < -0.4 is 16.0 Å². The molecular weight excluding hydrogens is 366 g/mol. The molecule has 0 saturated carbocycles. The van der Waals surface area contributed by atoms with Crippen molar-refractivity contribution < 1.29 is 4.79 Å². The van der Waals surface area contributed by atoms with E-state index >= 15 is 0 Å². The lowest BCUT2D eigenvalue weighted by atomic mass is 9.77. The summed E-state index contributed by atoms with van der Waals surface area (Å²) in [5, 5.41) is 4.38. The molecule has 1 amide bonds. The molecule has 9 heteroatoms. The summed E-state index contributed by atoms with van der Waals surface area (Å²) in [5.74, 6) is 1.25. The van der Waals surface area contributed by atoms with Gasteiger partial charge in [-0.3, -0.25) is 4.79 Å². The molecule has 27 heavy (non-hydrogen) atoms. The Bertz CT molecular complexity index is 948. The molecule has 8 nitrogen and oxygen atoms in total. The van der Waals surface area contributed by atoms with Gasteiger partial charge in [-0.25, -0.2) is 15.0 Å². The number of halogens is 1. The Morgan fingerprint density at radius 3 is 2.78 bits per heavy atom. The number of pyridine rings is 1. The van der Waals surface area contributed by atoms with Crippen molar-refractivity contribution in [3.05, 3.63) is 41.9 Å². The maximum Gasteiger partial charge on any atom is 0.233 e. The minimum atomic E-state index is -0.623. The van der Waals surface area contributed by atoms with Crippen LogP contribution in [0.5, 0.6) is 0 Å². The number of hydrogen-bond acceptors (Lipinski definition) is 6. The second-order valence-electron chi connectivity index (χ2n) is 6.72. The summed E-state index contributed by atoms with van der Waals surface area (Å²) < 4.78 is 0. The highest BCUT2D eigenvalue weighted by atomic mass is 35.5. The number of nitrogens with two attached hydrogens (primary N) is 1. The number of nitrogens with zero attached hydrogens (tertiary/aromatic N) is 4. The first-order valence-corrected chi connectivity index (χ1v) is 9.15. The molecule has 1 aliphatic rings. The Labute approximate surface area is 161 Å². The van der Waals surface area contributed by atoms with Crippen LogP contribution in [0.15, 0.2) is 36.9 Å².